The average Bonchev–Trinajstić information content (AvgIpc) is 3.21. The summed E-state index contributed by atoms with van der Waals surface area (Å²) in [6.07, 6.45) is 2.73. The van der Waals surface area contributed by atoms with Crippen molar-refractivity contribution < 1.29 is 9.59 Å². The summed E-state index contributed by atoms with van der Waals surface area (Å²) in [5.74, 6) is 1.06. The largest absolute Gasteiger partial charge is 0.361 e. The van der Waals surface area contributed by atoms with E-state index >= 15 is 0 Å². The number of aromatic nitrogens is 1. The van der Waals surface area contributed by atoms with Crippen molar-refractivity contribution >= 4 is 34.5 Å². The first-order valence-corrected chi connectivity index (χ1v) is 9.02. The van der Waals surface area contributed by atoms with Gasteiger partial charge in [0, 0.05) is 29.1 Å². The molecule has 2 atom stereocenters. The molecule has 0 spiro atoms. The Hall–Kier alpha value is -1.95. The van der Waals surface area contributed by atoms with E-state index in [-0.39, 0.29) is 23.9 Å². The van der Waals surface area contributed by atoms with Gasteiger partial charge in [-0.05, 0) is 36.9 Å². The Morgan fingerprint density at radius 3 is 3.04 bits per heavy atom. The maximum Gasteiger partial charge on any atom is 0.255 e. The molecular weight excluding hydrogens is 310 g/mol. The van der Waals surface area contributed by atoms with E-state index in [1.54, 1.807) is 16.7 Å². The Balaban J connectivity index is 1.78. The van der Waals surface area contributed by atoms with Crippen LogP contribution in [0.15, 0.2) is 30.5 Å². The standard InChI is InChI=1S/C17H21N3O2S/c1-3-11(2)19-16(21)15-9-23-10-20(15)17(22)13-5-4-12-6-7-18-14(12)8-13/h4-8,11,15,18H,3,9-10H2,1-2H3,(H,19,21). The molecule has 1 aliphatic heterocycles. The maximum absolute atomic E-state index is 12.8. The molecule has 2 amide bonds. The van der Waals surface area contributed by atoms with Crippen molar-refractivity contribution in [1.82, 2.24) is 15.2 Å². The van der Waals surface area contributed by atoms with Crippen LogP contribution < -0.4 is 5.32 Å². The third-order valence-corrected chi connectivity index (χ3v) is 5.26. The number of rotatable bonds is 4. The van der Waals surface area contributed by atoms with Gasteiger partial charge in [-0.15, -0.1) is 11.8 Å². The van der Waals surface area contributed by atoms with Crippen LogP contribution in [-0.2, 0) is 4.79 Å². The fourth-order valence-corrected chi connectivity index (χ4v) is 3.80. The summed E-state index contributed by atoms with van der Waals surface area (Å²) in [5.41, 5.74) is 1.55. The van der Waals surface area contributed by atoms with Gasteiger partial charge >= 0.3 is 0 Å². The van der Waals surface area contributed by atoms with Gasteiger partial charge in [0.15, 0.2) is 0 Å². The highest BCUT2D eigenvalue weighted by atomic mass is 32.2. The van der Waals surface area contributed by atoms with Crippen LogP contribution in [0, 0.1) is 0 Å². The lowest BCUT2D eigenvalue weighted by Gasteiger charge is -2.24. The second kappa shape index (κ2) is 6.66. The van der Waals surface area contributed by atoms with Crippen LogP contribution >= 0.6 is 11.8 Å². The van der Waals surface area contributed by atoms with Crippen LogP contribution in [0.25, 0.3) is 10.9 Å². The number of nitrogens with one attached hydrogen (secondary N) is 2. The molecule has 6 heteroatoms. The molecule has 2 aromatic rings. The number of nitrogens with zero attached hydrogens (tertiary/aromatic N) is 1. The molecule has 1 aromatic heterocycles. The number of fused-ring (bicyclic) bond motifs is 1. The molecule has 2 unspecified atom stereocenters. The summed E-state index contributed by atoms with van der Waals surface area (Å²) in [7, 11) is 0. The SMILES string of the molecule is CCC(C)NC(=O)C1CSCN1C(=O)c1ccc2cc[nH]c2c1. The second-order valence-corrected chi connectivity index (χ2v) is 6.89. The van der Waals surface area contributed by atoms with Crippen LogP contribution in [-0.4, -0.2) is 45.4 Å². The van der Waals surface area contributed by atoms with Gasteiger partial charge in [0.2, 0.25) is 5.91 Å². The number of benzene rings is 1. The Bertz CT molecular complexity index is 727. The molecule has 0 bridgehead atoms. The third kappa shape index (κ3) is 3.22. The summed E-state index contributed by atoms with van der Waals surface area (Å²) in [6, 6.07) is 7.31. The lowest BCUT2D eigenvalue weighted by Crippen LogP contribution is -2.49. The van der Waals surface area contributed by atoms with Gasteiger partial charge in [0.05, 0.1) is 5.88 Å². The van der Waals surface area contributed by atoms with Gasteiger partial charge in [-0.25, -0.2) is 0 Å². The zero-order chi connectivity index (χ0) is 16.4. The normalized spacial score (nSPS) is 19.0. The number of hydrogen-bond donors (Lipinski definition) is 2. The minimum Gasteiger partial charge on any atom is -0.361 e. The first kappa shape index (κ1) is 15.9. The molecular formula is C17H21N3O2S. The topological polar surface area (TPSA) is 65.2 Å². The van der Waals surface area contributed by atoms with E-state index in [4.69, 9.17) is 0 Å². The zero-order valence-electron chi connectivity index (χ0n) is 13.3. The first-order valence-electron chi connectivity index (χ1n) is 7.86. The highest BCUT2D eigenvalue weighted by molar-refractivity contribution is 7.99. The molecule has 5 nitrogen and oxygen atoms in total. The quantitative estimate of drug-likeness (QED) is 0.905. The predicted octanol–water partition coefficient (Wildman–Crippen LogP) is 2.60. The van der Waals surface area contributed by atoms with Gasteiger partial charge in [-0.2, -0.15) is 0 Å². The zero-order valence-corrected chi connectivity index (χ0v) is 14.2. The fourth-order valence-electron chi connectivity index (χ4n) is 2.65. The first-order chi connectivity index (χ1) is 11.1. The highest BCUT2D eigenvalue weighted by Gasteiger charge is 2.35. The molecule has 2 N–H and O–H groups in total. The molecule has 3 rings (SSSR count). The maximum atomic E-state index is 12.8. The molecule has 0 saturated carbocycles. The molecule has 122 valence electrons. The van der Waals surface area contributed by atoms with E-state index in [9.17, 15) is 9.59 Å². The monoisotopic (exact) mass is 331 g/mol. The summed E-state index contributed by atoms with van der Waals surface area (Å²) < 4.78 is 0. The Kier molecular flexibility index (Phi) is 4.61. The Morgan fingerprint density at radius 2 is 2.26 bits per heavy atom. The van der Waals surface area contributed by atoms with Crippen molar-refractivity contribution in [3.05, 3.63) is 36.0 Å². The number of aromatic amines is 1. The van der Waals surface area contributed by atoms with E-state index < -0.39 is 0 Å². The highest BCUT2D eigenvalue weighted by Crippen LogP contribution is 2.24. The number of H-pyrrole nitrogens is 1. The molecule has 23 heavy (non-hydrogen) atoms. The van der Waals surface area contributed by atoms with E-state index in [0.717, 1.165) is 17.3 Å². The number of carbonyl (C=O) groups is 2. The molecule has 2 heterocycles. The van der Waals surface area contributed by atoms with Crippen molar-refractivity contribution in [3.8, 4) is 0 Å². The van der Waals surface area contributed by atoms with Gasteiger partial charge in [-0.3, -0.25) is 9.59 Å². The summed E-state index contributed by atoms with van der Waals surface area (Å²) in [5, 5.41) is 4.05. The van der Waals surface area contributed by atoms with Crippen molar-refractivity contribution in [3.63, 3.8) is 0 Å². The van der Waals surface area contributed by atoms with Crippen molar-refractivity contribution in [1.29, 1.82) is 0 Å². The van der Waals surface area contributed by atoms with Gasteiger partial charge in [0.1, 0.15) is 6.04 Å². The molecule has 1 fully saturated rings. The minimum absolute atomic E-state index is 0.0568. The molecule has 0 aliphatic carbocycles. The van der Waals surface area contributed by atoms with Gasteiger partial charge in [-0.1, -0.05) is 13.0 Å². The Morgan fingerprint density at radius 1 is 1.43 bits per heavy atom. The lowest BCUT2D eigenvalue weighted by molar-refractivity contribution is -0.125. The van der Waals surface area contributed by atoms with Crippen molar-refractivity contribution in [2.75, 3.05) is 11.6 Å². The van der Waals surface area contributed by atoms with E-state index in [1.807, 2.05) is 44.3 Å². The average molecular weight is 331 g/mol. The number of carbonyl (C=O) groups excluding carboxylic acids is 2. The lowest BCUT2D eigenvalue weighted by atomic mass is 10.1. The molecule has 0 radical (unpaired) electrons. The van der Waals surface area contributed by atoms with Crippen LogP contribution in [0.4, 0.5) is 0 Å². The number of hydrogen-bond acceptors (Lipinski definition) is 3. The summed E-state index contributed by atoms with van der Waals surface area (Å²) in [6.45, 7) is 4.01. The molecule has 1 aliphatic rings. The van der Waals surface area contributed by atoms with Crippen molar-refractivity contribution in [2.45, 2.75) is 32.4 Å². The molecule has 1 aromatic carbocycles. The van der Waals surface area contributed by atoms with Crippen molar-refractivity contribution in [2.24, 2.45) is 0 Å². The van der Waals surface area contributed by atoms with Gasteiger partial charge < -0.3 is 15.2 Å². The number of amides is 2. The summed E-state index contributed by atoms with van der Waals surface area (Å²) in [4.78, 5) is 30.0. The van der Waals surface area contributed by atoms with Crippen LogP contribution in [0.2, 0.25) is 0 Å². The summed E-state index contributed by atoms with van der Waals surface area (Å²) >= 11 is 1.62. The molecule has 1 saturated heterocycles. The number of thioether (sulfide) groups is 1. The third-order valence-electron chi connectivity index (χ3n) is 4.25. The minimum atomic E-state index is -0.388. The van der Waals surface area contributed by atoms with Crippen LogP contribution in [0.5, 0.6) is 0 Å². The van der Waals surface area contributed by atoms with E-state index in [0.29, 0.717) is 17.2 Å². The predicted molar refractivity (Wildman–Crippen MR) is 93.5 cm³/mol. The van der Waals surface area contributed by atoms with E-state index in [2.05, 4.69) is 10.3 Å². The van der Waals surface area contributed by atoms with Crippen LogP contribution in [0.1, 0.15) is 30.6 Å². The Labute approximate surface area is 139 Å². The second-order valence-electron chi connectivity index (χ2n) is 5.89. The van der Waals surface area contributed by atoms with Crippen LogP contribution in [0.3, 0.4) is 0 Å². The smallest absolute Gasteiger partial charge is 0.255 e. The van der Waals surface area contributed by atoms with E-state index in [1.165, 1.54) is 0 Å². The van der Waals surface area contributed by atoms with Gasteiger partial charge in [0.25, 0.3) is 5.91 Å². The fraction of sp³-hybridized carbons (Fsp3) is 0.412.